The summed E-state index contributed by atoms with van der Waals surface area (Å²) >= 11 is 0. The minimum absolute atomic E-state index is 0.0289. The quantitative estimate of drug-likeness (QED) is 0.718. The number of aromatic nitrogens is 3. The maximum Gasteiger partial charge on any atom is 0.433 e. The van der Waals surface area contributed by atoms with Crippen molar-refractivity contribution >= 4 is 11.8 Å². The molecular formula is C18H19F3N6O. The van der Waals surface area contributed by atoms with Crippen LogP contribution in [0.3, 0.4) is 0 Å². The Bertz CT molecular complexity index is 859. The number of rotatable bonds is 5. The molecule has 7 nitrogen and oxygen atoms in total. The number of aliphatic hydroxyl groups is 1. The Morgan fingerprint density at radius 3 is 2.64 bits per heavy atom. The van der Waals surface area contributed by atoms with Crippen LogP contribution < -0.4 is 10.6 Å². The van der Waals surface area contributed by atoms with Gasteiger partial charge in [-0.15, -0.1) is 0 Å². The van der Waals surface area contributed by atoms with E-state index in [1.165, 1.54) is 18.3 Å². The number of halogens is 3. The van der Waals surface area contributed by atoms with E-state index in [0.29, 0.717) is 18.7 Å². The molecule has 0 aromatic carbocycles. The number of pyridine rings is 1. The van der Waals surface area contributed by atoms with Crippen molar-refractivity contribution in [3.63, 3.8) is 0 Å². The molecule has 2 heterocycles. The molecule has 0 amide bonds. The second-order valence-corrected chi connectivity index (χ2v) is 6.58. The molecule has 10 heteroatoms. The highest BCUT2D eigenvalue weighted by Gasteiger charge is 2.34. The summed E-state index contributed by atoms with van der Waals surface area (Å²) in [6.45, 7) is -0.163. The number of nitriles is 1. The first-order valence-corrected chi connectivity index (χ1v) is 8.83. The van der Waals surface area contributed by atoms with E-state index < -0.39 is 11.9 Å². The lowest BCUT2D eigenvalue weighted by Gasteiger charge is -2.26. The van der Waals surface area contributed by atoms with Crippen molar-refractivity contribution in [2.24, 2.45) is 0 Å². The van der Waals surface area contributed by atoms with Gasteiger partial charge in [0.2, 0.25) is 5.95 Å². The van der Waals surface area contributed by atoms with E-state index in [9.17, 15) is 23.5 Å². The largest absolute Gasteiger partial charge is 0.433 e. The molecule has 0 atom stereocenters. The third kappa shape index (κ3) is 4.86. The van der Waals surface area contributed by atoms with E-state index in [-0.39, 0.29) is 35.8 Å². The van der Waals surface area contributed by atoms with Gasteiger partial charge in [0.05, 0.1) is 12.3 Å². The Hall–Kier alpha value is -2.93. The number of hydrogen-bond donors (Lipinski definition) is 3. The van der Waals surface area contributed by atoms with E-state index in [0.717, 1.165) is 19.0 Å². The van der Waals surface area contributed by atoms with Crippen LogP contribution in [0, 0.1) is 11.3 Å². The van der Waals surface area contributed by atoms with Crippen molar-refractivity contribution in [2.45, 2.75) is 50.6 Å². The maximum absolute atomic E-state index is 13.0. The molecule has 3 N–H and O–H groups in total. The Morgan fingerprint density at radius 2 is 1.96 bits per heavy atom. The first-order chi connectivity index (χ1) is 13.4. The van der Waals surface area contributed by atoms with Gasteiger partial charge in [-0.2, -0.15) is 23.4 Å². The summed E-state index contributed by atoms with van der Waals surface area (Å²) in [4.78, 5) is 11.6. The topological polar surface area (TPSA) is 107 Å². The summed E-state index contributed by atoms with van der Waals surface area (Å²) in [7, 11) is 0. The minimum atomic E-state index is -4.55. The molecule has 2 aromatic heterocycles. The molecule has 0 aliphatic heterocycles. The minimum Gasteiger partial charge on any atom is -0.393 e. The summed E-state index contributed by atoms with van der Waals surface area (Å²) in [5, 5.41) is 24.8. The number of aliphatic hydroxyl groups excluding tert-OH is 1. The summed E-state index contributed by atoms with van der Waals surface area (Å²) in [5.74, 6) is 0.429. The molecule has 0 bridgehead atoms. The number of alkyl halides is 3. The van der Waals surface area contributed by atoms with Gasteiger partial charge in [-0.05, 0) is 31.7 Å². The van der Waals surface area contributed by atoms with E-state index in [2.05, 4.69) is 25.6 Å². The Morgan fingerprint density at radius 1 is 1.21 bits per heavy atom. The fraction of sp³-hybridized carbons (Fsp3) is 0.444. The second-order valence-electron chi connectivity index (χ2n) is 6.58. The van der Waals surface area contributed by atoms with Crippen LogP contribution in [-0.4, -0.2) is 32.2 Å². The van der Waals surface area contributed by atoms with Gasteiger partial charge in [0.25, 0.3) is 0 Å². The summed E-state index contributed by atoms with van der Waals surface area (Å²) < 4.78 is 39.1. The zero-order valence-electron chi connectivity index (χ0n) is 14.9. The first-order valence-electron chi connectivity index (χ1n) is 8.83. The molecule has 28 heavy (non-hydrogen) atoms. The molecule has 0 radical (unpaired) electrons. The van der Waals surface area contributed by atoms with Crippen LogP contribution in [-0.2, 0) is 12.7 Å². The average Bonchev–Trinajstić information content (AvgIpc) is 2.68. The fourth-order valence-corrected chi connectivity index (χ4v) is 3.08. The zero-order valence-corrected chi connectivity index (χ0v) is 14.9. The van der Waals surface area contributed by atoms with E-state index in [1.807, 2.05) is 6.07 Å². The highest BCUT2D eigenvalue weighted by Crippen LogP contribution is 2.30. The third-order valence-corrected chi connectivity index (χ3v) is 4.54. The van der Waals surface area contributed by atoms with Crippen molar-refractivity contribution in [3.8, 4) is 6.07 Å². The maximum atomic E-state index is 13.0. The van der Waals surface area contributed by atoms with Gasteiger partial charge in [0, 0.05) is 24.3 Å². The normalized spacial score (nSPS) is 19.7. The monoisotopic (exact) mass is 392 g/mol. The van der Waals surface area contributed by atoms with Crippen molar-refractivity contribution in [1.29, 1.82) is 5.26 Å². The fourth-order valence-electron chi connectivity index (χ4n) is 3.08. The van der Waals surface area contributed by atoms with Gasteiger partial charge < -0.3 is 15.7 Å². The summed E-state index contributed by atoms with van der Waals surface area (Å²) in [6, 6.07) is 4.82. The molecule has 148 valence electrons. The first kappa shape index (κ1) is 19.8. The molecule has 1 saturated carbocycles. The molecule has 1 fully saturated rings. The Labute approximate surface area is 159 Å². The molecule has 1 aliphatic carbocycles. The lowest BCUT2D eigenvalue weighted by Crippen LogP contribution is -2.29. The van der Waals surface area contributed by atoms with Crippen molar-refractivity contribution in [3.05, 3.63) is 41.3 Å². The van der Waals surface area contributed by atoms with Gasteiger partial charge in [-0.3, -0.25) is 4.98 Å². The third-order valence-electron chi connectivity index (χ3n) is 4.54. The molecule has 1 aliphatic rings. The molecule has 3 rings (SSSR count). The van der Waals surface area contributed by atoms with Crippen LogP contribution in [0.25, 0.3) is 0 Å². The van der Waals surface area contributed by atoms with Gasteiger partial charge in [0.1, 0.15) is 23.1 Å². The highest BCUT2D eigenvalue weighted by atomic mass is 19.4. The Kier molecular flexibility index (Phi) is 5.94. The second kappa shape index (κ2) is 8.39. The number of hydrogen-bond acceptors (Lipinski definition) is 7. The van der Waals surface area contributed by atoms with E-state index in [4.69, 9.17) is 0 Å². The smallest absolute Gasteiger partial charge is 0.393 e. The Balaban J connectivity index is 1.73. The summed E-state index contributed by atoms with van der Waals surface area (Å²) in [6.07, 6.45) is 0.359. The van der Waals surface area contributed by atoms with Gasteiger partial charge in [-0.1, -0.05) is 6.07 Å². The van der Waals surface area contributed by atoms with Crippen molar-refractivity contribution in [2.75, 3.05) is 10.6 Å². The highest BCUT2D eigenvalue weighted by molar-refractivity contribution is 5.54. The number of anilines is 2. The van der Waals surface area contributed by atoms with Crippen LogP contribution in [0.2, 0.25) is 0 Å². The van der Waals surface area contributed by atoms with Crippen LogP contribution in [0.1, 0.15) is 42.5 Å². The molecular weight excluding hydrogens is 373 g/mol. The van der Waals surface area contributed by atoms with Crippen LogP contribution >= 0.6 is 0 Å². The molecule has 2 aromatic rings. The predicted molar refractivity (Wildman–Crippen MR) is 95.2 cm³/mol. The lowest BCUT2D eigenvalue weighted by atomic mass is 9.93. The molecule has 0 unspecified atom stereocenters. The van der Waals surface area contributed by atoms with Crippen LogP contribution in [0.15, 0.2) is 24.5 Å². The van der Waals surface area contributed by atoms with Gasteiger partial charge in [-0.25, -0.2) is 4.98 Å². The van der Waals surface area contributed by atoms with Crippen molar-refractivity contribution in [1.82, 2.24) is 15.0 Å². The van der Waals surface area contributed by atoms with Crippen LogP contribution in [0.5, 0.6) is 0 Å². The number of nitrogens with zero attached hydrogens (tertiary/aromatic N) is 4. The standard InChI is InChI=1S/C18H19F3N6O/c19-18(20,21)15-11(2-1-7-23-15)9-24-17-25-10-12(8-22)16(27-17)26-13-3-5-14(28)6-4-13/h1-2,7,10,13-14,28H,3-6,9H2,(H2,24,25,26,27). The lowest BCUT2D eigenvalue weighted by molar-refractivity contribution is -0.141. The van der Waals surface area contributed by atoms with Crippen LogP contribution in [0.4, 0.5) is 24.9 Å². The predicted octanol–water partition coefficient (Wildman–Crippen LogP) is 3.09. The van der Waals surface area contributed by atoms with Gasteiger partial charge >= 0.3 is 6.18 Å². The molecule has 0 saturated heterocycles. The van der Waals surface area contributed by atoms with Gasteiger partial charge in [0.15, 0.2) is 0 Å². The van der Waals surface area contributed by atoms with Crippen molar-refractivity contribution < 1.29 is 18.3 Å². The summed E-state index contributed by atoms with van der Waals surface area (Å²) in [5.41, 5.74) is -0.747. The molecule has 0 spiro atoms. The number of nitrogens with one attached hydrogen (secondary N) is 2. The SMILES string of the molecule is N#Cc1cnc(NCc2cccnc2C(F)(F)F)nc1NC1CCC(O)CC1. The zero-order chi connectivity index (χ0) is 20.1. The van der Waals surface area contributed by atoms with E-state index in [1.54, 1.807) is 0 Å². The average molecular weight is 392 g/mol. The van der Waals surface area contributed by atoms with E-state index >= 15 is 0 Å².